The summed E-state index contributed by atoms with van der Waals surface area (Å²) >= 11 is 6.01. The first-order chi connectivity index (χ1) is 14.0. The molecule has 6 heteroatoms. The monoisotopic (exact) mass is 414 g/mol. The molecule has 2 heterocycles. The van der Waals surface area contributed by atoms with Crippen LogP contribution in [0.4, 0.5) is 10.1 Å². The molecule has 152 valence electrons. The van der Waals surface area contributed by atoms with Crippen molar-refractivity contribution < 1.29 is 14.0 Å². The number of hydrogen-bond donors (Lipinski definition) is 0. The van der Waals surface area contributed by atoms with E-state index in [0.29, 0.717) is 23.8 Å². The van der Waals surface area contributed by atoms with Gasteiger partial charge in [-0.05, 0) is 54.8 Å². The fourth-order valence-corrected chi connectivity index (χ4v) is 4.48. The van der Waals surface area contributed by atoms with Crippen molar-refractivity contribution in [1.82, 2.24) is 4.90 Å². The fourth-order valence-electron chi connectivity index (χ4n) is 4.35. The molecule has 2 saturated heterocycles. The Morgan fingerprint density at radius 2 is 1.72 bits per heavy atom. The van der Waals surface area contributed by atoms with E-state index in [1.165, 1.54) is 17.7 Å². The van der Waals surface area contributed by atoms with Gasteiger partial charge in [0.05, 0.1) is 5.92 Å². The van der Waals surface area contributed by atoms with Crippen LogP contribution in [-0.2, 0) is 9.59 Å². The molecule has 4 rings (SSSR count). The van der Waals surface area contributed by atoms with Gasteiger partial charge in [-0.15, -0.1) is 0 Å². The number of carbonyl (C=O) groups excluding carboxylic acids is 2. The first kappa shape index (κ1) is 19.9. The summed E-state index contributed by atoms with van der Waals surface area (Å²) in [5.74, 6) is -0.450. The number of hydrogen-bond acceptors (Lipinski definition) is 2. The average molecular weight is 415 g/mol. The second-order valence-corrected chi connectivity index (χ2v) is 8.35. The summed E-state index contributed by atoms with van der Waals surface area (Å²) < 4.78 is 13.2. The lowest BCUT2D eigenvalue weighted by Crippen LogP contribution is -2.39. The number of nitrogens with zero attached hydrogens (tertiary/aromatic N) is 2. The van der Waals surface area contributed by atoms with Crippen LogP contribution in [0.1, 0.15) is 37.2 Å². The molecule has 2 aliphatic rings. The zero-order valence-corrected chi connectivity index (χ0v) is 16.9. The van der Waals surface area contributed by atoms with Crippen LogP contribution in [-0.4, -0.2) is 36.3 Å². The molecule has 0 radical (unpaired) electrons. The molecule has 0 bridgehead atoms. The minimum Gasteiger partial charge on any atom is -0.342 e. The second kappa shape index (κ2) is 8.54. The third kappa shape index (κ3) is 4.45. The lowest BCUT2D eigenvalue weighted by molar-refractivity contribution is -0.135. The molecule has 29 heavy (non-hydrogen) atoms. The highest BCUT2D eigenvalue weighted by Gasteiger charge is 2.38. The lowest BCUT2D eigenvalue weighted by atomic mass is 9.94. The highest BCUT2D eigenvalue weighted by Crippen LogP contribution is 2.31. The predicted octanol–water partition coefficient (Wildman–Crippen LogP) is 4.63. The normalized spacial score (nSPS) is 22.6. The van der Waals surface area contributed by atoms with Gasteiger partial charge in [-0.2, -0.15) is 0 Å². The Balaban J connectivity index is 1.46. The summed E-state index contributed by atoms with van der Waals surface area (Å²) in [7, 11) is 0. The minimum absolute atomic E-state index is 0.0452. The van der Waals surface area contributed by atoms with Crippen molar-refractivity contribution in [2.24, 2.45) is 5.92 Å². The van der Waals surface area contributed by atoms with E-state index in [-0.39, 0.29) is 35.9 Å². The van der Waals surface area contributed by atoms with Crippen LogP contribution in [0.25, 0.3) is 0 Å². The summed E-state index contributed by atoms with van der Waals surface area (Å²) in [6.07, 6.45) is 3.29. The van der Waals surface area contributed by atoms with Crippen molar-refractivity contribution >= 4 is 29.1 Å². The number of likely N-dealkylation sites (tertiary alicyclic amines) is 1. The third-order valence-electron chi connectivity index (χ3n) is 5.94. The van der Waals surface area contributed by atoms with E-state index in [4.69, 9.17) is 11.6 Å². The summed E-state index contributed by atoms with van der Waals surface area (Å²) in [6, 6.07) is 13.7. The third-order valence-corrected chi connectivity index (χ3v) is 6.19. The van der Waals surface area contributed by atoms with E-state index in [1.54, 1.807) is 17.0 Å². The van der Waals surface area contributed by atoms with Gasteiger partial charge in [0.25, 0.3) is 0 Å². The molecule has 2 atom stereocenters. The molecule has 2 fully saturated rings. The van der Waals surface area contributed by atoms with E-state index in [1.807, 2.05) is 29.2 Å². The van der Waals surface area contributed by atoms with Crippen LogP contribution in [0.3, 0.4) is 0 Å². The van der Waals surface area contributed by atoms with Crippen LogP contribution in [0.5, 0.6) is 0 Å². The van der Waals surface area contributed by atoms with Crippen LogP contribution < -0.4 is 4.90 Å². The van der Waals surface area contributed by atoms with Gasteiger partial charge in [0.15, 0.2) is 0 Å². The SMILES string of the molecule is O=C(C1CC(=O)N(c2ccc(F)cc2)C1)N1CCCCC(c2ccc(Cl)cc2)C1. The number of benzene rings is 2. The molecule has 0 aromatic heterocycles. The van der Waals surface area contributed by atoms with E-state index in [2.05, 4.69) is 0 Å². The smallest absolute Gasteiger partial charge is 0.228 e. The van der Waals surface area contributed by atoms with Gasteiger partial charge in [0.2, 0.25) is 11.8 Å². The first-order valence-corrected chi connectivity index (χ1v) is 10.5. The van der Waals surface area contributed by atoms with Gasteiger partial charge in [0.1, 0.15) is 5.82 Å². The molecular formula is C23H24ClFN2O2. The van der Waals surface area contributed by atoms with Gasteiger partial charge in [-0.1, -0.05) is 30.2 Å². The Hall–Kier alpha value is -2.40. The van der Waals surface area contributed by atoms with Gasteiger partial charge >= 0.3 is 0 Å². The van der Waals surface area contributed by atoms with E-state index in [9.17, 15) is 14.0 Å². The molecule has 4 nitrogen and oxygen atoms in total. The van der Waals surface area contributed by atoms with Gasteiger partial charge in [0, 0.05) is 42.7 Å². The van der Waals surface area contributed by atoms with Crippen LogP contribution in [0.2, 0.25) is 5.02 Å². The molecule has 0 N–H and O–H groups in total. The average Bonchev–Trinajstić information content (AvgIpc) is 2.95. The highest BCUT2D eigenvalue weighted by molar-refractivity contribution is 6.30. The van der Waals surface area contributed by atoms with Crippen molar-refractivity contribution in [2.45, 2.75) is 31.6 Å². The standard InChI is InChI=1S/C23H24ClFN2O2/c24-19-6-4-16(5-7-19)17-3-1-2-12-26(14-17)23(29)18-13-22(28)27(15-18)21-10-8-20(25)9-11-21/h4-11,17-18H,1-3,12-15H2. The Morgan fingerprint density at radius 1 is 1.00 bits per heavy atom. The predicted molar refractivity (Wildman–Crippen MR) is 111 cm³/mol. The largest absolute Gasteiger partial charge is 0.342 e. The molecule has 0 spiro atoms. The van der Waals surface area contributed by atoms with Crippen LogP contribution in [0, 0.1) is 11.7 Å². The molecule has 2 aliphatic heterocycles. The lowest BCUT2D eigenvalue weighted by Gasteiger charge is -2.27. The molecule has 0 aliphatic carbocycles. The maximum absolute atomic E-state index is 13.2. The van der Waals surface area contributed by atoms with E-state index in [0.717, 1.165) is 25.8 Å². The topological polar surface area (TPSA) is 40.6 Å². The minimum atomic E-state index is -0.350. The zero-order chi connectivity index (χ0) is 20.4. The number of halogens is 2. The molecule has 2 unspecified atom stereocenters. The Bertz CT molecular complexity index is 885. The summed E-state index contributed by atoms with van der Waals surface area (Å²) in [6.45, 7) is 1.75. The van der Waals surface area contributed by atoms with Crippen molar-refractivity contribution in [1.29, 1.82) is 0 Å². The molecule has 2 aromatic carbocycles. The number of anilines is 1. The van der Waals surface area contributed by atoms with Crippen molar-refractivity contribution in [3.63, 3.8) is 0 Å². The first-order valence-electron chi connectivity index (χ1n) is 10.1. The molecule has 0 saturated carbocycles. The van der Waals surface area contributed by atoms with Gasteiger partial charge in [-0.3, -0.25) is 9.59 Å². The van der Waals surface area contributed by atoms with Gasteiger partial charge < -0.3 is 9.80 Å². The molecular weight excluding hydrogens is 391 g/mol. The van der Waals surface area contributed by atoms with Crippen molar-refractivity contribution in [3.8, 4) is 0 Å². The van der Waals surface area contributed by atoms with Crippen LogP contribution >= 0.6 is 11.6 Å². The Kier molecular flexibility index (Phi) is 5.86. The maximum atomic E-state index is 13.2. The van der Waals surface area contributed by atoms with E-state index >= 15 is 0 Å². The number of amides is 2. The summed E-state index contributed by atoms with van der Waals surface area (Å²) in [5, 5.41) is 0.709. The van der Waals surface area contributed by atoms with Crippen LogP contribution in [0.15, 0.2) is 48.5 Å². The Labute approximate surface area is 175 Å². The summed E-state index contributed by atoms with van der Waals surface area (Å²) in [5.41, 5.74) is 1.84. The molecule has 2 amide bonds. The van der Waals surface area contributed by atoms with Crippen molar-refractivity contribution in [3.05, 3.63) is 64.9 Å². The quantitative estimate of drug-likeness (QED) is 0.734. The van der Waals surface area contributed by atoms with Crippen molar-refractivity contribution in [2.75, 3.05) is 24.5 Å². The highest BCUT2D eigenvalue weighted by atomic mass is 35.5. The summed E-state index contributed by atoms with van der Waals surface area (Å²) in [4.78, 5) is 29.2. The Morgan fingerprint density at radius 3 is 2.45 bits per heavy atom. The van der Waals surface area contributed by atoms with Gasteiger partial charge in [-0.25, -0.2) is 4.39 Å². The number of rotatable bonds is 3. The zero-order valence-electron chi connectivity index (χ0n) is 16.2. The number of carbonyl (C=O) groups is 2. The molecule has 2 aromatic rings. The second-order valence-electron chi connectivity index (χ2n) is 7.91. The maximum Gasteiger partial charge on any atom is 0.228 e. The fraction of sp³-hybridized carbons (Fsp3) is 0.391. The van der Waals surface area contributed by atoms with E-state index < -0.39 is 0 Å².